The Morgan fingerprint density at radius 1 is 1.60 bits per heavy atom. The first-order valence-electron chi connectivity index (χ1n) is 6.98. The minimum atomic E-state index is -0.434. The van der Waals surface area contributed by atoms with Gasteiger partial charge in [-0.05, 0) is 34.1 Å². The standard InChI is InChI=1S/C14H23N3O2S/c1-10(12-15-6-8-20-12)16-11-5-7-17(9-11)13(18)19-14(2,3)4/h6,8,10-11,16H,5,7,9H2,1-4H3/t10?,11-/m0/s1. The van der Waals surface area contributed by atoms with E-state index in [0.717, 1.165) is 18.0 Å². The number of carbonyl (C=O) groups excluding carboxylic acids is 1. The molecule has 1 fully saturated rings. The summed E-state index contributed by atoms with van der Waals surface area (Å²) in [5.41, 5.74) is -0.434. The van der Waals surface area contributed by atoms with Gasteiger partial charge in [0.1, 0.15) is 10.6 Å². The van der Waals surface area contributed by atoms with Gasteiger partial charge in [0.25, 0.3) is 0 Å². The van der Waals surface area contributed by atoms with Gasteiger partial charge in [0.15, 0.2) is 0 Å². The van der Waals surface area contributed by atoms with Gasteiger partial charge in [-0.2, -0.15) is 0 Å². The Bertz CT molecular complexity index is 442. The predicted molar refractivity (Wildman–Crippen MR) is 79.9 cm³/mol. The molecule has 0 aliphatic carbocycles. The van der Waals surface area contributed by atoms with E-state index in [1.165, 1.54) is 0 Å². The van der Waals surface area contributed by atoms with Gasteiger partial charge in [-0.3, -0.25) is 0 Å². The molecular formula is C14H23N3O2S. The van der Waals surface area contributed by atoms with Crippen LogP contribution < -0.4 is 5.32 Å². The summed E-state index contributed by atoms with van der Waals surface area (Å²) in [6.07, 6.45) is 2.55. The molecule has 1 aromatic heterocycles. The van der Waals surface area contributed by atoms with Crippen molar-refractivity contribution in [3.63, 3.8) is 0 Å². The summed E-state index contributed by atoms with van der Waals surface area (Å²) in [7, 11) is 0. The monoisotopic (exact) mass is 297 g/mol. The smallest absolute Gasteiger partial charge is 0.410 e. The maximum atomic E-state index is 12.0. The summed E-state index contributed by atoms with van der Waals surface area (Å²) >= 11 is 1.65. The van der Waals surface area contributed by atoms with E-state index in [-0.39, 0.29) is 12.1 Å². The lowest BCUT2D eigenvalue weighted by molar-refractivity contribution is 0.0290. The SMILES string of the molecule is CC(N[C@H]1CCN(C(=O)OC(C)(C)C)C1)c1nccs1. The van der Waals surface area contributed by atoms with Crippen LogP contribution in [0.5, 0.6) is 0 Å². The number of likely N-dealkylation sites (tertiary alicyclic amines) is 1. The largest absolute Gasteiger partial charge is 0.444 e. The van der Waals surface area contributed by atoms with Crippen molar-refractivity contribution in [2.24, 2.45) is 0 Å². The first kappa shape index (κ1) is 15.3. The molecule has 5 nitrogen and oxygen atoms in total. The Balaban J connectivity index is 1.82. The van der Waals surface area contributed by atoms with Gasteiger partial charge in [0, 0.05) is 30.7 Å². The van der Waals surface area contributed by atoms with Crippen molar-refractivity contribution >= 4 is 17.4 Å². The molecule has 2 atom stereocenters. The molecule has 1 N–H and O–H groups in total. The summed E-state index contributed by atoms with van der Waals surface area (Å²) in [6.45, 7) is 9.22. The second-order valence-corrected chi connectivity index (χ2v) is 7.10. The molecule has 112 valence electrons. The van der Waals surface area contributed by atoms with E-state index < -0.39 is 5.60 Å². The van der Waals surface area contributed by atoms with Gasteiger partial charge in [0.2, 0.25) is 0 Å². The molecule has 1 unspecified atom stereocenters. The molecule has 2 rings (SSSR count). The van der Waals surface area contributed by atoms with Crippen molar-refractivity contribution in [1.29, 1.82) is 0 Å². The fraction of sp³-hybridized carbons (Fsp3) is 0.714. The molecule has 0 saturated carbocycles. The molecule has 1 aliphatic heterocycles. The number of hydrogen-bond acceptors (Lipinski definition) is 5. The molecular weight excluding hydrogens is 274 g/mol. The van der Waals surface area contributed by atoms with Crippen molar-refractivity contribution in [3.05, 3.63) is 16.6 Å². The van der Waals surface area contributed by atoms with Crippen LogP contribution in [0.15, 0.2) is 11.6 Å². The van der Waals surface area contributed by atoms with Gasteiger partial charge in [-0.1, -0.05) is 0 Å². The Morgan fingerprint density at radius 3 is 2.95 bits per heavy atom. The maximum absolute atomic E-state index is 12.0. The van der Waals surface area contributed by atoms with Crippen LogP contribution in [0.2, 0.25) is 0 Å². The van der Waals surface area contributed by atoms with Crippen LogP contribution in [-0.2, 0) is 4.74 Å². The molecule has 1 aromatic rings. The van der Waals surface area contributed by atoms with E-state index in [2.05, 4.69) is 17.2 Å². The minimum absolute atomic E-state index is 0.219. The van der Waals surface area contributed by atoms with Crippen LogP contribution in [-0.4, -0.2) is 40.7 Å². The maximum Gasteiger partial charge on any atom is 0.410 e. The summed E-state index contributed by atoms with van der Waals surface area (Å²) in [6, 6.07) is 0.528. The molecule has 0 aromatic carbocycles. The molecule has 1 amide bonds. The third kappa shape index (κ3) is 4.18. The highest BCUT2D eigenvalue weighted by molar-refractivity contribution is 7.09. The summed E-state index contributed by atoms with van der Waals surface area (Å²) in [5, 5.41) is 6.59. The highest BCUT2D eigenvalue weighted by atomic mass is 32.1. The van der Waals surface area contributed by atoms with E-state index in [0.29, 0.717) is 12.6 Å². The number of rotatable bonds is 3. The number of hydrogen-bond donors (Lipinski definition) is 1. The average molecular weight is 297 g/mol. The third-order valence-corrected chi connectivity index (χ3v) is 4.11. The van der Waals surface area contributed by atoms with Crippen LogP contribution >= 0.6 is 11.3 Å². The number of nitrogens with zero attached hydrogens (tertiary/aromatic N) is 2. The van der Waals surface area contributed by atoms with Gasteiger partial charge < -0.3 is 15.0 Å². The van der Waals surface area contributed by atoms with Crippen LogP contribution in [0.25, 0.3) is 0 Å². The molecule has 2 heterocycles. The predicted octanol–water partition coefficient (Wildman–Crippen LogP) is 2.80. The van der Waals surface area contributed by atoms with Crippen molar-refractivity contribution < 1.29 is 9.53 Å². The lowest BCUT2D eigenvalue weighted by Crippen LogP contribution is -2.38. The molecule has 0 spiro atoms. The van der Waals surface area contributed by atoms with Crippen LogP contribution in [0.3, 0.4) is 0 Å². The van der Waals surface area contributed by atoms with Crippen molar-refractivity contribution in [2.45, 2.75) is 51.8 Å². The number of carbonyl (C=O) groups is 1. The van der Waals surface area contributed by atoms with Gasteiger partial charge in [-0.25, -0.2) is 9.78 Å². The number of ether oxygens (including phenoxy) is 1. The highest BCUT2D eigenvalue weighted by Gasteiger charge is 2.30. The highest BCUT2D eigenvalue weighted by Crippen LogP contribution is 2.20. The number of amides is 1. The van der Waals surface area contributed by atoms with Gasteiger partial charge >= 0.3 is 6.09 Å². The average Bonchev–Trinajstić information content (AvgIpc) is 2.97. The Morgan fingerprint density at radius 2 is 2.35 bits per heavy atom. The second kappa shape index (κ2) is 6.10. The lowest BCUT2D eigenvalue weighted by Gasteiger charge is -2.24. The zero-order valence-corrected chi connectivity index (χ0v) is 13.4. The molecule has 1 aliphatic rings. The number of aromatic nitrogens is 1. The quantitative estimate of drug-likeness (QED) is 0.932. The zero-order valence-electron chi connectivity index (χ0n) is 12.5. The Hall–Kier alpha value is -1.14. The topological polar surface area (TPSA) is 54.5 Å². The fourth-order valence-corrected chi connectivity index (χ4v) is 2.92. The van der Waals surface area contributed by atoms with Gasteiger partial charge in [-0.15, -0.1) is 11.3 Å². The summed E-state index contributed by atoms with van der Waals surface area (Å²) in [4.78, 5) is 18.1. The van der Waals surface area contributed by atoms with Crippen molar-refractivity contribution in [3.8, 4) is 0 Å². The van der Waals surface area contributed by atoms with Crippen LogP contribution in [0.4, 0.5) is 4.79 Å². The van der Waals surface area contributed by atoms with Crippen molar-refractivity contribution in [2.75, 3.05) is 13.1 Å². The molecule has 6 heteroatoms. The fourth-order valence-electron chi connectivity index (χ4n) is 2.26. The third-order valence-electron chi connectivity index (χ3n) is 3.15. The first-order valence-corrected chi connectivity index (χ1v) is 7.86. The Kier molecular flexibility index (Phi) is 4.65. The minimum Gasteiger partial charge on any atom is -0.444 e. The summed E-state index contributed by atoms with van der Waals surface area (Å²) in [5.74, 6) is 0. The van der Waals surface area contributed by atoms with E-state index in [4.69, 9.17) is 4.74 Å². The second-order valence-electron chi connectivity index (χ2n) is 6.17. The Labute approximate surface area is 124 Å². The van der Waals surface area contributed by atoms with E-state index >= 15 is 0 Å². The van der Waals surface area contributed by atoms with Crippen LogP contribution in [0, 0.1) is 0 Å². The van der Waals surface area contributed by atoms with Crippen LogP contribution in [0.1, 0.15) is 45.2 Å². The molecule has 0 radical (unpaired) electrons. The van der Waals surface area contributed by atoms with E-state index in [1.54, 1.807) is 16.2 Å². The molecule has 1 saturated heterocycles. The normalized spacial score (nSPS) is 21.0. The molecule has 0 bridgehead atoms. The molecule has 20 heavy (non-hydrogen) atoms. The van der Waals surface area contributed by atoms with E-state index in [1.807, 2.05) is 32.3 Å². The summed E-state index contributed by atoms with van der Waals surface area (Å²) < 4.78 is 5.40. The first-order chi connectivity index (χ1) is 9.35. The zero-order chi connectivity index (χ0) is 14.8. The number of thiazole rings is 1. The van der Waals surface area contributed by atoms with Crippen molar-refractivity contribution in [1.82, 2.24) is 15.2 Å². The number of nitrogens with one attached hydrogen (secondary N) is 1. The van der Waals surface area contributed by atoms with Gasteiger partial charge in [0.05, 0.1) is 6.04 Å². The lowest BCUT2D eigenvalue weighted by atomic mass is 10.2. The van der Waals surface area contributed by atoms with E-state index in [9.17, 15) is 4.79 Å².